The van der Waals surface area contributed by atoms with Crippen LogP contribution in [-0.2, 0) is 30.4 Å². The molecule has 0 aromatic carbocycles. The summed E-state index contributed by atoms with van der Waals surface area (Å²) < 4.78 is 5.30. The lowest BCUT2D eigenvalue weighted by Gasteiger charge is -2.18. The minimum Gasteiger partial charge on any atom is -0.462 e. The van der Waals surface area contributed by atoms with Crippen molar-refractivity contribution in [1.29, 1.82) is 0 Å². The Morgan fingerprint density at radius 3 is 2.81 bits per heavy atom. The fraction of sp³-hybridized carbons (Fsp3) is 0.524. The monoisotopic (exact) mass is 403 g/mol. The first-order valence-corrected chi connectivity index (χ1v) is 11.5. The molecule has 144 valence electrons. The molecule has 0 radical (unpaired) electrons. The standard InChI is InChI=1S/C21H25NO3S2/c1-3-25-21(24)18-14-9-8-12(2)10-17(14)27-20(18)22-19(23)15-11-26-16-7-5-4-6-13(15)16/h11-12H,3-10H2,1-2H3,(H,22,23)/t12-/m0/s1. The summed E-state index contributed by atoms with van der Waals surface area (Å²) in [4.78, 5) is 28.2. The Hall–Kier alpha value is -1.66. The van der Waals surface area contributed by atoms with Crippen LogP contribution in [0.4, 0.5) is 5.00 Å². The molecule has 1 atom stereocenters. The molecule has 0 saturated heterocycles. The zero-order valence-electron chi connectivity index (χ0n) is 15.9. The van der Waals surface area contributed by atoms with Crippen LogP contribution in [0.5, 0.6) is 0 Å². The van der Waals surface area contributed by atoms with Gasteiger partial charge in [0.2, 0.25) is 0 Å². The number of aryl methyl sites for hydroxylation is 1. The van der Waals surface area contributed by atoms with Crippen molar-refractivity contribution >= 4 is 39.6 Å². The topological polar surface area (TPSA) is 55.4 Å². The van der Waals surface area contributed by atoms with Crippen molar-refractivity contribution in [2.75, 3.05) is 11.9 Å². The van der Waals surface area contributed by atoms with E-state index in [1.807, 2.05) is 12.3 Å². The smallest absolute Gasteiger partial charge is 0.341 e. The third-order valence-corrected chi connectivity index (χ3v) is 7.78. The molecule has 4 rings (SSSR count). The Kier molecular flexibility index (Phi) is 5.37. The van der Waals surface area contributed by atoms with Gasteiger partial charge in [-0.3, -0.25) is 4.79 Å². The molecular weight excluding hydrogens is 378 g/mol. The zero-order chi connectivity index (χ0) is 19.0. The van der Waals surface area contributed by atoms with Gasteiger partial charge >= 0.3 is 5.97 Å². The maximum Gasteiger partial charge on any atom is 0.341 e. The molecule has 0 bridgehead atoms. The van der Waals surface area contributed by atoms with E-state index in [2.05, 4.69) is 12.2 Å². The van der Waals surface area contributed by atoms with Crippen LogP contribution in [0.15, 0.2) is 5.38 Å². The molecule has 6 heteroatoms. The van der Waals surface area contributed by atoms with Gasteiger partial charge in [0, 0.05) is 15.1 Å². The molecule has 4 nitrogen and oxygen atoms in total. The van der Waals surface area contributed by atoms with Crippen LogP contribution in [0.2, 0.25) is 0 Å². The molecular formula is C21H25NO3S2. The fourth-order valence-electron chi connectivity index (χ4n) is 4.11. The second-order valence-electron chi connectivity index (χ2n) is 7.49. The average Bonchev–Trinajstić information content (AvgIpc) is 3.22. The highest BCUT2D eigenvalue weighted by molar-refractivity contribution is 7.17. The number of rotatable bonds is 4. The summed E-state index contributed by atoms with van der Waals surface area (Å²) in [5, 5.41) is 5.70. The van der Waals surface area contributed by atoms with Gasteiger partial charge in [0.1, 0.15) is 5.00 Å². The molecule has 0 spiro atoms. The zero-order valence-corrected chi connectivity index (χ0v) is 17.5. The molecule has 1 amide bonds. The van der Waals surface area contributed by atoms with Gasteiger partial charge in [0.25, 0.3) is 5.91 Å². The third kappa shape index (κ3) is 3.57. The first kappa shape index (κ1) is 18.7. The highest BCUT2D eigenvalue weighted by Crippen LogP contribution is 2.40. The Labute approximate surface area is 167 Å². The van der Waals surface area contributed by atoms with Crippen LogP contribution in [0, 0.1) is 5.92 Å². The lowest BCUT2D eigenvalue weighted by Crippen LogP contribution is -2.17. The van der Waals surface area contributed by atoms with Crippen LogP contribution in [0.3, 0.4) is 0 Å². The highest BCUT2D eigenvalue weighted by atomic mass is 32.1. The molecule has 2 heterocycles. The summed E-state index contributed by atoms with van der Waals surface area (Å²) in [6.45, 7) is 4.39. The largest absolute Gasteiger partial charge is 0.462 e. The van der Waals surface area contributed by atoms with Crippen LogP contribution < -0.4 is 5.32 Å². The molecule has 2 aromatic heterocycles. The van der Waals surface area contributed by atoms with E-state index < -0.39 is 0 Å². The van der Waals surface area contributed by atoms with Gasteiger partial charge in [-0.1, -0.05) is 6.92 Å². The van der Waals surface area contributed by atoms with E-state index in [4.69, 9.17) is 4.74 Å². The quantitative estimate of drug-likeness (QED) is 0.710. The van der Waals surface area contributed by atoms with Crippen molar-refractivity contribution < 1.29 is 14.3 Å². The highest BCUT2D eigenvalue weighted by Gasteiger charge is 2.30. The lowest BCUT2D eigenvalue weighted by molar-refractivity contribution is 0.0526. The number of carbonyl (C=O) groups is 2. The Balaban J connectivity index is 1.66. The number of ether oxygens (including phenoxy) is 1. The van der Waals surface area contributed by atoms with Crippen molar-refractivity contribution in [3.63, 3.8) is 0 Å². The van der Waals surface area contributed by atoms with E-state index in [1.54, 1.807) is 22.7 Å². The summed E-state index contributed by atoms with van der Waals surface area (Å²) in [5.74, 6) is 0.206. The molecule has 0 aliphatic heterocycles. The summed E-state index contributed by atoms with van der Waals surface area (Å²) in [7, 11) is 0. The second-order valence-corrected chi connectivity index (χ2v) is 9.56. The molecule has 0 fully saturated rings. The second kappa shape index (κ2) is 7.76. The van der Waals surface area contributed by atoms with E-state index >= 15 is 0 Å². The predicted octanol–water partition coefficient (Wildman–Crippen LogP) is 5.24. The van der Waals surface area contributed by atoms with Gasteiger partial charge in [-0.2, -0.15) is 0 Å². The van der Waals surface area contributed by atoms with E-state index in [1.165, 1.54) is 21.7 Å². The average molecular weight is 404 g/mol. The number of amides is 1. The van der Waals surface area contributed by atoms with E-state index in [0.717, 1.165) is 49.7 Å². The molecule has 27 heavy (non-hydrogen) atoms. The number of nitrogens with one attached hydrogen (secondary N) is 1. The first-order valence-electron chi connectivity index (χ1n) is 9.80. The van der Waals surface area contributed by atoms with Crippen LogP contribution in [0.25, 0.3) is 0 Å². The SMILES string of the molecule is CCOC(=O)c1c(NC(=O)c2csc3c2CCCC3)sc2c1CC[C@H](C)C2. The van der Waals surface area contributed by atoms with Gasteiger partial charge in [0.05, 0.1) is 17.7 Å². The number of carbonyl (C=O) groups excluding carboxylic acids is 2. The van der Waals surface area contributed by atoms with Gasteiger partial charge < -0.3 is 10.1 Å². The van der Waals surface area contributed by atoms with Crippen molar-refractivity contribution in [1.82, 2.24) is 0 Å². The normalized spacial score (nSPS) is 18.5. The number of esters is 1. The molecule has 2 aliphatic rings. The fourth-order valence-corrected chi connectivity index (χ4v) is 6.63. The van der Waals surface area contributed by atoms with Gasteiger partial charge in [-0.25, -0.2) is 4.79 Å². The molecule has 1 N–H and O–H groups in total. The van der Waals surface area contributed by atoms with Gasteiger partial charge in [-0.05, 0) is 68.9 Å². The van der Waals surface area contributed by atoms with Crippen LogP contribution >= 0.6 is 22.7 Å². The number of hydrogen-bond donors (Lipinski definition) is 1. The van der Waals surface area contributed by atoms with Crippen molar-refractivity contribution in [3.05, 3.63) is 37.4 Å². The van der Waals surface area contributed by atoms with Crippen molar-refractivity contribution in [2.45, 2.75) is 58.8 Å². The molecule has 0 unspecified atom stereocenters. The minimum absolute atomic E-state index is 0.0911. The van der Waals surface area contributed by atoms with E-state index in [0.29, 0.717) is 23.1 Å². The molecule has 0 saturated carbocycles. The Morgan fingerprint density at radius 2 is 2.00 bits per heavy atom. The van der Waals surface area contributed by atoms with Crippen LogP contribution in [-0.4, -0.2) is 18.5 Å². The number of anilines is 1. The summed E-state index contributed by atoms with van der Waals surface area (Å²) in [5.41, 5.74) is 3.65. The van der Waals surface area contributed by atoms with E-state index in [-0.39, 0.29) is 11.9 Å². The van der Waals surface area contributed by atoms with Crippen LogP contribution in [0.1, 0.15) is 74.7 Å². The van der Waals surface area contributed by atoms with Crippen molar-refractivity contribution in [2.24, 2.45) is 5.92 Å². The number of thiophene rings is 2. The molecule has 2 aliphatic carbocycles. The summed E-state index contributed by atoms with van der Waals surface area (Å²) in [6, 6.07) is 0. The predicted molar refractivity (Wildman–Crippen MR) is 110 cm³/mol. The van der Waals surface area contributed by atoms with E-state index in [9.17, 15) is 9.59 Å². The Bertz CT molecular complexity index is 880. The summed E-state index contributed by atoms with van der Waals surface area (Å²) >= 11 is 3.24. The van der Waals surface area contributed by atoms with Gasteiger partial charge in [0.15, 0.2) is 0 Å². The minimum atomic E-state index is -0.313. The Morgan fingerprint density at radius 1 is 1.19 bits per heavy atom. The first-order chi connectivity index (χ1) is 13.1. The summed E-state index contributed by atoms with van der Waals surface area (Å²) in [6.07, 6.45) is 7.32. The number of hydrogen-bond acceptors (Lipinski definition) is 5. The lowest BCUT2D eigenvalue weighted by atomic mass is 9.88. The van der Waals surface area contributed by atoms with Gasteiger partial charge in [-0.15, -0.1) is 22.7 Å². The maximum absolute atomic E-state index is 13.0. The number of fused-ring (bicyclic) bond motifs is 2. The maximum atomic E-state index is 13.0. The molecule has 2 aromatic rings. The van der Waals surface area contributed by atoms with Crippen molar-refractivity contribution in [3.8, 4) is 0 Å². The third-order valence-electron chi connectivity index (χ3n) is 5.52.